The van der Waals surface area contributed by atoms with E-state index in [1.54, 1.807) is 7.11 Å². The fraction of sp³-hybridized carbons (Fsp3) is 0.368. The molecule has 0 unspecified atom stereocenters. The number of hydrogen-bond acceptors (Lipinski definition) is 5. The van der Waals surface area contributed by atoms with E-state index in [9.17, 15) is 0 Å². The minimum atomic E-state index is 0.223. The maximum absolute atomic E-state index is 5.75. The summed E-state index contributed by atoms with van der Waals surface area (Å²) < 4.78 is 13.2. The first kappa shape index (κ1) is 16.1. The summed E-state index contributed by atoms with van der Waals surface area (Å²) in [5, 5.41) is 3.49. The number of methoxy groups -OCH3 is 1. The van der Waals surface area contributed by atoms with E-state index < -0.39 is 0 Å². The summed E-state index contributed by atoms with van der Waals surface area (Å²) in [5.41, 5.74) is 4.42. The fourth-order valence-corrected chi connectivity index (χ4v) is 3.31. The molecule has 0 fully saturated rings. The Morgan fingerprint density at radius 1 is 1.28 bits per heavy atom. The van der Waals surface area contributed by atoms with Crippen LogP contribution in [0.25, 0.3) is 11.0 Å². The lowest BCUT2D eigenvalue weighted by molar-refractivity contribution is 0.0563. The van der Waals surface area contributed by atoms with Gasteiger partial charge in [0.25, 0.3) is 0 Å². The van der Waals surface area contributed by atoms with Gasteiger partial charge in [0.2, 0.25) is 5.88 Å². The van der Waals surface area contributed by atoms with Crippen molar-refractivity contribution in [3.05, 3.63) is 53.5 Å². The second-order valence-electron chi connectivity index (χ2n) is 6.36. The highest BCUT2D eigenvalue weighted by atomic mass is 16.5. The lowest BCUT2D eigenvalue weighted by atomic mass is 10.2. The molecule has 0 spiro atoms. The maximum Gasteiger partial charge on any atom is 0.213 e. The summed E-state index contributed by atoms with van der Waals surface area (Å²) in [7, 11) is 1.63. The zero-order chi connectivity index (χ0) is 17.2. The van der Waals surface area contributed by atoms with Gasteiger partial charge in [-0.25, -0.2) is 9.97 Å². The fourth-order valence-electron chi connectivity index (χ4n) is 3.31. The molecular weight excluding hydrogens is 316 g/mol. The molecule has 3 heterocycles. The smallest absolute Gasteiger partial charge is 0.213 e. The molecule has 130 valence electrons. The number of ether oxygens (including phenoxy) is 2. The zero-order valence-electron chi connectivity index (χ0n) is 14.5. The van der Waals surface area contributed by atoms with Crippen molar-refractivity contribution >= 4 is 11.0 Å². The number of nitrogens with zero attached hydrogens (tertiary/aromatic N) is 3. The van der Waals surface area contributed by atoms with Crippen molar-refractivity contribution in [2.75, 3.05) is 20.3 Å². The Balaban J connectivity index is 1.51. The quantitative estimate of drug-likeness (QED) is 0.775. The minimum Gasteiger partial charge on any atom is -0.481 e. The molecule has 0 radical (unpaired) electrons. The van der Waals surface area contributed by atoms with E-state index in [1.807, 2.05) is 18.2 Å². The van der Waals surface area contributed by atoms with Gasteiger partial charge in [0.15, 0.2) is 0 Å². The summed E-state index contributed by atoms with van der Waals surface area (Å²) in [5.74, 6) is 1.64. The Hall–Kier alpha value is -2.44. The average Bonchev–Trinajstić information content (AvgIpc) is 3.00. The molecule has 0 saturated carbocycles. The van der Waals surface area contributed by atoms with Gasteiger partial charge in [-0.15, -0.1) is 0 Å². The third-order valence-electron chi connectivity index (χ3n) is 4.50. The van der Waals surface area contributed by atoms with Crippen LogP contribution in [0.15, 0.2) is 36.4 Å². The van der Waals surface area contributed by atoms with E-state index in [1.165, 1.54) is 11.1 Å². The van der Waals surface area contributed by atoms with Gasteiger partial charge in [-0.3, -0.25) is 0 Å². The van der Waals surface area contributed by atoms with Crippen molar-refractivity contribution in [2.24, 2.45) is 0 Å². The van der Waals surface area contributed by atoms with Crippen LogP contribution in [0.3, 0.4) is 0 Å². The normalized spacial score (nSPS) is 16.8. The number of imidazole rings is 1. The van der Waals surface area contributed by atoms with Gasteiger partial charge in [-0.1, -0.05) is 12.1 Å². The standard InChI is InChI=1S/C19H22N4O2/c1-13-6-7-16-17(8-13)23-15(11-25-12-18(23)22-16)10-20-9-14-4-3-5-19(21-14)24-2/h3-8,15,20H,9-12H2,1-2H3/t15-/m0/s1. The highest BCUT2D eigenvalue weighted by molar-refractivity contribution is 5.77. The molecule has 3 aromatic rings. The van der Waals surface area contributed by atoms with Crippen molar-refractivity contribution < 1.29 is 9.47 Å². The Morgan fingerprint density at radius 2 is 2.20 bits per heavy atom. The van der Waals surface area contributed by atoms with Gasteiger partial charge in [-0.2, -0.15) is 0 Å². The lowest BCUT2D eigenvalue weighted by Crippen LogP contribution is -2.32. The van der Waals surface area contributed by atoms with Crippen LogP contribution >= 0.6 is 0 Å². The van der Waals surface area contributed by atoms with Crippen LogP contribution in [0.4, 0.5) is 0 Å². The summed E-state index contributed by atoms with van der Waals surface area (Å²) in [6, 6.07) is 12.4. The molecule has 1 aliphatic rings. The Morgan fingerprint density at radius 3 is 3.08 bits per heavy atom. The Kier molecular flexibility index (Phi) is 4.38. The number of nitrogens with one attached hydrogen (secondary N) is 1. The number of rotatable bonds is 5. The molecule has 0 amide bonds. The predicted molar refractivity (Wildman–Crippen MR) is 95.7 cm³/mol. The SMILES string of the molecule is COc1cccc(CNC[C@H]2COCc3nc4ccc(C)cc4n32)n1. The number of aromatic nitrogens is 3. The van der Waals surface area contributed by atoms with E-state index in [0.717, 1.165) is 23.6 Å². The number of hydrogen-bond donors (Lipinski definition) is 1. The molecular formula is C19H22N4O2. The third kappa shape index (κ3) is 3.23. The average molecular weight is 338 g/mol. The summed E-state index contributed by atoms with van der Waals surface area (Å²) in [6.45, 7) is 4.85. The Labute approximate surface area is 146 Å². The second kappa shape index (κ2) is 6.82. The maximum atomic E-state index is 5.75. The minimum absolute atomic E-state index is 0.223. The molecule has 1 aliphatic heterocycles. The highest BCUT2D eigenvalue weighted by Crippen LogP contribution is 2.26. The molecule has 0 bridgehead atoms. The second-order valence-corrected chi connectivity index (χ2v) is 6.36. The first-order valence-corrected chi connectivity index (χ1v) is 8.50. The monoisotopic (exact) mass is 338 g/mol. The van der Waals surface area contributed by atoms with Crippen LogP contribution < -0.4 is 10.1 Å². The van der Waals surface area contributed by atoms with Gasteiger partial charge in [0.05, 0.1) is 36.5 Å². The Bertz CT molecular complexity index is 890. The van der Waals surface area contributed by atoms with Crippen molar-refractivity contribution in [1.82, 2.24) is 19.9 Å². The first-order valence-electron chi connectivity index (χ1n) is 8.50. The predicted octanol–water partition coefficient (Wildman–Crippen LogP) is 2.61. The molecule has 2 aromatic heterocycles. The molecule has 1 N–H and O–H groups in total. The van der Waals surface area contributed by atoms with Gasteiger partial charge >= 0.3 is 0 Å². The van der Waals surface area contributed by atoms with Crippen LogP contribution in [0.1, 0.15) is 23.1 Å². The summed E-state index contributed by atoms with van der Waals surface area (Å²) in [6.07, 6.45) is 0. The molecule has 4 rings (SSSR count). The summed E-state index contributed by atoms with van der Waals surface area (Å²) >= 11 is 0. The molecule has 25 heavy (non-hydrogen) atoms. The van der Waals surface area contributed by atoms with Gasteiger partial charge in [0.1, 0.15) is 12.4 Å². The molecule has 6 heteroatoms. The van der Waals surface area contributed by atoms with E-state index >= 15 is 0 Å². The lowest BCUT2D eigenvalue weighted by Gasteiger charge is -2.26. The number of pyridine rings is 1. The van der Waals surface area contributed by atoms with E-state index in [4.69, 9.17) is 14.5 Å². The topological polar surface area (TPSA) is 61.2 Å². The van der Waals surface area contributed by atoms with Crippen molar-refractivity contribution in [2.45, 2.75) is 26.1 Å². The largest absolute Gasteiger partial charge is 0.481 e. The number of benzene rings is 1. The van der Waals surface area contributed by atoms with Crippen LogP contribution in [0, 0.1) is 6.92 Å². The van der Waals surface area contributed by atoms with E-state index in [2.05, 4.69) is 40.0 Å². The number of fused-ring (bicyclic) bond motifs is 3. The van der Waals surface area contributed by atoms with E-state index in [-0.39, 0.29) is 6.04 Å². The molecule has 0 aliphatic carbocycles. The van der Waals surface area contributed by atoms with Crippen LogP contribution in [-0.4, -0.2) is 34.8 Å². The third-order valence-corrected chi connectivity index (χ3v) is 4.50. The highest BCUT2D eigenvalue weighted by Gasteiger charge is 2.23. The van der Waals surface area contributed by atoms with E-state index in [0.29, 0.717) is 25.6 Å². The molecule has 6 nitrogen and oxygen atoms in total. The van der Waals surface area contributed by atoms with Crippen LogP contribution in [0.2, 0.25) is 0 Å². The molecule has 1 atom stereocenters. The van der Waals surface area contributed by atoms with Crippen molar-refractivity contribution in [1.29, 1.82) is 0 Å². The van der Waals surface area contributed by atoms with Crippen molar-refractivity contribution in [3.8, 4) is 5.88 Å². The van der Waals surface area contributed by atoms with Crippen LogP contribution in [0.5, 0.6) is 5.88 Å². The van der Waals surface area contributed by atoms with Gasteiger partial charge in [0, 0.05) is 19.2 Å². The molecule has 1 aromatic carbocycles. The zero-order valence-corrected chi connectivity index (χ0v) is 14.5. The van der Waals surface area contributed by atoms with Crippen molar-refractivity contribution in [3.63, 3.8) is 0 Å². The van der Waals surface area contributed by atoms with Gasteiger partial charge in [-0.05, 0) is 30.7 Å². The summed E-state index contributed by atoms with van der Waals surface area (Å²) in [4.78, 5) is 9.15. The molecule has 0 saturated heterocycles. The number of aryl methyl sites for hydroxylation is 1. The first-order chi connectivity index (χ1) is 12.2. The van der Waals surface area contributed by atoms with Crippen LogP contribution in [-0.2, 0) is 17.9 Å². The van der Waals surface area contributed by atoms with Gasteiger partial charge < -0.3 is 19.4 Å².